The zero-order valence-corrected chi connectivity index (χ0v) is 11.8. The van der Waals surface area contributed by atoms with E-state index in [1.165, 1.54) is 24.3 Å². The van der Waals surface area contributed by atoms with Crippen LogP contribution in [0.3, 0.4) is 0 Å². The number of ether oxygens (including phenoxy) is 1. The molecular formula is C16H12F3NO3. The van der Waals surface area contributed by atoms with Crippen LogP contribution in [-0.2, 0) is 15.7 Å². The first kappa shape index (κ1) is 16.5. The van der Waals surface area contributed by atoms with E-state index in [0.29, 0.717) is 5.69 Å². The van der Waals surface area contributed by atoms with Gasteiger partial charge < -0.3 is 9.72 Å². The van der Waals surface area contributed by atoms with E-state index in [2.05, 4.69) is 4.98 Å². The average molecular weight is 323 g/mol. The molecule has 0 unspecified atom stereocenters. The lowest BCUT2D eigenvalue weighted by Crippen LogP contribution is -2.12. The van der Waals surface area contributed by atoms with Gasteiger partial charge in [0.2, 0.25) is 5.78 Å². The van der Waals surface area contributed by atoms with Crippen molar-refractivity contribution in [2.75, 3.05) is 6.61 Å². The Morgan fingerprint density at radius 2 is 1.96 bits per heavy atom. The molecule has 1 heterocycles. The van der Waals surface area contributed by atoms with Gasteiger partial charge >= 0.3 is 12.1 Å². The first-order valence-electron chi connectivity index (χ1n) is 6.55. The summed E-state index contributed by atoms with van der Waals surface area (Å²) in [5.74, 6) is -1.22. The molecule has 0 fully saturated rings. The number of alkyl halides is 3. The van der Waals surface area contributed by atoms with E-state index >= 15 is 0 Å². The third-order valence-corrected chi connectivity index (χ3v) is 2.87. The van der Waals surface area contributed by atoms with Crippen molar-refractivity contribution in [3.63, 3.8) is 0 Å². The zero-order chi connectivity index (χ0) is 16.9. The number of esters is 1. The average Bonchev–Trinajstić information content (AvgIpc) is 3.04. The van der Waals surface area contributed by atoms with Crippen molar-refractivity contribution in [2.24, 2.45) is 0 Å². The molecule has 1 aromatic carbocycles. The first-order chi connectivity index (χ1) is 10.9. The molecule has 0 atom stereocenters. The molecule has 4 nitrogen and oxygen atoms in total. The Hall–Kier alpha value is -2.83. The van der Waals surface area contributed by atoms with Gasteiger partial charge in [0.15, 0.2) is 6.61 Å². The summed E-state index contributed by atoms with van der Waals surface area (Å²) in [5, 5.41) is 0. The Morgan fingerprint density at radius 1 is 1.17 bits per heavy atom. The predicted octanol–water partition coefficient (Wildman–Crippen LogP) is 3.47. The zero-order valence-electron chi connectivity index (χ0n) is 11.8. The number of halogens is 3. The maximum absolute atomic E-state index is 12.6. The lowest BCUT2D eigenvalue weighted by molar-refractivity contribution is -0.138. The molecule has 0 aliphatic rings. The number of hydrogen-bond acceptors (Lipinski definition) is 3. The van der Waals surface area contributed by atoms with Crippen LogP contribution in [0.25, 0.3) is 6.08 Å². The number of ketones is 1. The van der Waals surface area contributed by atoms with Crippen LogP contribution in [0.1, 0.15) is 21.6 Å². The number of aromatic amines is 1. The monoisotopic (exact) mass is 323 g/mol. The lowest BCUT2D eigenvalue weighted by Gasteiger charge is -2.06. The molecule has 2 aromatic rings. The van der Waals surface area contributed by atoms with Crippen LogP contribution < -0.4 is 0 Å². The van der Waals surface area contributed by atoms with Crippen LogP contribution in [0.4, 0.5) is 13.2 Å². The van der Waals surface area contributed by atoms with Crippen LogP contribution in [0, 0.1) is 0 Å². The van der Waals surface area contributed by atoms with Crippen molar-refractivity contribution >= 4 is 17.8 Å². The Kier molecular flexibility index (Phi) is 5.00. The molecule has 0 saturated heterocycles. The molecule has 7 heteroatoms. The Bertz CT molecular complexity index is 718. The number of benzene rings is 1. The number of carbonyl (C=O) groups is 2. The molecule has 2 rings (SSSR count). The van der Waals surface area contributed by atoms with E-state index in [0.717, 1.165) is 18.2 Å². The maximum atomic E-state index is 12.6. The number of Topliss-reactive ketones (excluding diaryl/α,β-unsaturated/α-hetero) is 1. The Labute approximate surface area is 129 Å². The maximum Gasteiger partial charge on any atom is 0.416 e. The predicted molar refractivity (Wildman–Crippen MR) is 76.6 cm³/mol. The van der Waals surface area contributed by atoms with Crippen molar-refractivity contribution in [2.45, 2.75) is 6.18 Å². The summed E-state index contributed by atoms with van der Waals surface area (Å²) >= 11 is 0. The van der Waals surface area contributed by atoms with Gasteiger partial charge in [-0.1, -0.05) is 12.1 Å². The SMILES string of the molecule is O=C(/C=C/c1cccc(C(F)(F)F)c1)OCC(=O)c1ccc[nH]1. The van der Waals surface area contributed by atoms with Crippen molar-refractivity contribution in [1.82, 2.24) is 4.98 Å². The van der Waals surface area contributed by atoms with Gasteiger partial charge in [-0.25, -0.2) is 4.79 Å². The molecule has 23 heavy (non-hydrogen) atoms. The highest BCUT2D eigenvalue weighted by atomic mass is 19.4. The minimum absolute atomic E-state index is 0.201. The fraction of sp³-hybridized carbons (Fsp3) is 0.125. The summed E-state index contributed by atoms with van der Waals surface area (Å²) in [5.41, 5.74) is -0.304. The van der Waals surface area contributed by atoms with Crippen LogP contribution in [-0.4, -0.2) is 23.3 Å². The van der Waals surface area contributed by atoms with Crippen molar-refractivity contribution < 1.29 is 27.5 Å². The molecule has 0 amide bonds. The minimum Gasteiger partial charge on any atom is -0.454 e. The van der Waals surface area contributed by atoms with Crippen LogP contribution in [0.5, 0.6) is 0 Å². The Morgan fingerprint density at radius 3 is 2.61 bits per heavy atom. The quantitative estimate of drug-likeness (QED) is 0.521. The van der Waals surface area contributed by atoms with E-state index < -0.39 is 30.1 Å². The highest BCUT2D eigenvalue weighted by Crippen LogP contribution is 2.29. The van der Waals surface area contributed by atoms with Gasteiger partial charge in [0.05, 0.1) is 11.3 Å². The Balaban J connectivity index is 1.92. The second-order valence-corrected chi connectivity index (χ2v) is 4.57. The van der Waals surface area contributed by atoms with Crippen molar-refractivity contribution in [1.29, 1.82) is 0 Å². The second-order valence-electron chi connectivity index (χ2n) is 4.57. The standard InChI is InChI=1S/C16H12F3NO3/c17-16(18,19)12-4-1-3-11(9-12)6-7-15(22)23-10-14(21)13-5-2-8-20-13/h1-9,20H,10H2/b7-6+. The van der Waals surface area contributed by atoms with E-state index in [1.54, 1.807) is 12.3 Å². The molecule has 0 aliphatic heterocycles. The summed E-state index contributed by atoms with van der Waals surface area (Å²) in [4.78, 5) is 25.7. The summed E-state index contributed by atoms with van der Waals surface area (Å²) in [7, 11) is 0. The molecule has 0 saturated carbocycles. The summed E-state index contributed by atoms with van der Waals surface area (Å²) < 4.78 is 42.4. The fourth-order valence-electron chi connectivity index (χ4n) is 1.75. The molecule has 1 aromatic heterocycles. The van der Waals surface area contributed by atoms with E-state index in [1.807, 2.05) is 0 Å². The number of H-pyrrole nitrogens is 1. The molecular weight excluding hydrogens is 311 g/mol. The van der Waals surface area contributed by atoms with Gasteiger partial charge in [-0.05, 0) is 35.9 Å². The van der Waals surface area contributed by atoms with Crippen molar-refractivity contribution in [3.8, 4) is 0 Å². The van der Waals surface area contributed by atoms with E-state index in [9.17, 15) is 22.8 Å². The highest BCUT2D eigenvalue weighted by Gasteiger charge is 2.30. The topological polar surface area (TPSA) is 59.2 Å². The second kappa shape index (κ2) is 6.95. The van der Waals surface area contributed by atoms with Crippen molar-refractivity contribution in [3.05, 3.63) is 65.5 Å². The summed E-state index contributed by atoms with van der Waals surface area (Å²) in [6, 6.07) is 7.67. The van der Waals surface area contributed by atoms with Gasteiger partial charge in [0.25, 0.3) is 0 Å². The molecule has 0 aliphatic carbocycles. The molecule has 0 bridgehead atoms. The number of aromatic nitrogens is 1. The number of carbonyl (C=O) groups excluding carboxylic acids is 2. The third kappa shape index (κ3) is 4.84. The number of rotatable bonds is 5. The molecule has 1 N–H and O–H groups in total. The number of hydrogen-bond donors (Lipinski definition) is 1. The minimum atomic E-state index is -4.45. The molecule has 0 radical (unpaired) electrons. The van der Waals surface area contributed by atoms with Gasteiger partial charge in [-0.2, -0.15) is 13.2 Å². The number of nitrogens with one attached hydrogen (secondary N) is 1. The van der Waals surface area contributed by atoms with Crippen LogP contribution in [0.15, 0.2) is 48.7 Å². The summed E-state index contributed by atoms with van der Waals surface area (Å²) in [6.45, 7) is -0.452. The smallest absolute Gasteiger partial charge is 0.416 e. The fourth-order valence-corrected chi connectivity index (χ4v) is 1.75. The summed E-state index contributed by atoms with van der Waals surface area (Å²) in [6.07, 6.45) is -0.733. The van der Waals surface area contributed by atoms with Gasteiger partial charge in [-0.3, -0.25) is 4.79 Å². The highest BCUT2D eigenvalue weighted by molar-refractivity contribution is 5.97. The van der Waals surface area contributed by atoms with Gasteiger partial charge in [-0.15, -0.1) is 0 Å². The largest absolute Gasteiger partial charge is 0.454 e. The lowest BCUT2D eigenvalue weighted by atomic mass is 10.1. The third-order valence-electron chi connectivity index (χ3n) is 2.87. The normalized spacial score (nSPS) is 11.6. The molecule has 120 valence electrons. The van der Waals surface area contributed by atoms with Gasteiger partial charge in [0, 0.05) is 12.3 Å². The van der Waals surface area contributed by atoms with Crippen LogP contribution in [0.2, 0.25) is 0 Å². The first-order valence-corrected chi connectivity index (χ1v) is 6.55. The van der Waals surface area contributed by atoms with E-state index in [4.69, 9.17) is 4.74 Å². The van der Waals surface area contributed by atoms with Gasteiger partial charge in [0.1, 0.15) is 0 Å². The van der Waals surface area contributed by atoms with E-state index in [-0.39, 0.29) is 5.56 Å². The molecule has 0 spiro atoms. The van der Waals surface area contributed by atoms with Crippen LogP contribution >= 0.6 is 0 Å².